The summed E-state index contributed by atoms with van der Waals surface area (Å²) in [6.45, 7) is 0.981. The first-order valence-corrected chi connectivity index (χ1v) is 9.98. The van der Waals surface area contributed by atoms with Crippen LogP contribution in [0.4, 0.5) is 5.69 Å². The monoisotopic (exact) mass is 396 g/mol. The molecule has 0 unspecified atom stereocenters. The third kappa shape index (κ3) is 3.26. The molecule has 1 aliphatic rings. The lowest BCUT2D eigenvalue weighted by atomic mass is 10.0. The lowest BCUT2D eigenvalue weighted by Gasteiger charge is -2.18. The number of carbonyl (C=O) groups excluding carboxylic acids is 1. The van der Waals surface area contributed by atoms with E-state index in [2.05, 4.69) is 16.0 Å². The smallest absolute Gasteiger partial charge is 0.261 e. The summed E-state index contributed by atoms with van der Waals surface area (Å²) in [5, 5.41) is 0.572. The lowest BCUT2D eigenvalue weighted by molar-refractivity contribution is -0.118. The first kappa shape index (κ1) is 18.2. The topological polar surface area (TPSA) is 68.1 Å². The van der Waals surface area contributed by atoms with Gasteiger partial charge in [0.2, 0.25) is 5.91 Å². The van der Waals surface area contributed by atoms with Gasteiger partial charge in [-0.2, -0.15) is 0 Å². The molecule has 0 fully saturated rings. The van der Waals surface area contributed by atoms with Crippen LogP contribution in [0.3, 0.4) is 0 Å². The van der Waals surface area contributed by atoms with Crippen LogP contribution >= 0.6 is 0 Å². The Kier molecular flexibility index (Phi) is 4.59. The van der Waals surface area contributed by atoms with Crippen molar-refractivity contribution in [3.05, 3.63) is 89.2 Å². The first-order chi connectivity index (χ1) is 14.7. The van der Waals surface area contributed by atoms with Crippen molar-refractivity contribution in [3.8, 4) is 11.1 Å². The van der Waals surface area contributed by atoms with E-state index in [1.807, 2.05) is 47.4 Å². The molecule has 0 aliphatic carbocycles. The molecule has 4 aromatic rings. The van der Waals surface area contributed by atoms with E-state index in [9.17, 15) is 9.59 Å². The van der Waals surface area contributed by atoms with E-state index in [4.69, 9.17) is 0 Å². The van der Waals surface area contributed by atoms with Gasteiger partial charge in [0, 0.05) is 37.6 Å². The van der Waals surface area contributed by atoms with E-state index >= 15 is 0 Å². The Morgan fingerprint density at radius 1 is 1.00 bits per heavy atom. The van der Waals surface area contributed by atoms with Crippen LogP contribution in [-0.2, 0) is 17.8 Å². The molecule has 0 atom stereocenters. The first-order valence-electron chi connectivity index (χ1n) is 9.98. The minimum absolute atomic E-state index is 0.0190. The minimum Gasteiger partial charge on any atom is -0.312 e. The van der Waals surface area contributed by atoms with Crippen LogP contribution in [-0.4, -0.2) is 27.0 Å². The third-order valence-corrected chi connectivity index (χ3v) is 5.59. The maximum Gasteiger partial charge on any atom is 0.261 e. The number of anilines is 1. The number of para-hydroxylation sites is 1. The van der Waals surface area contributed by atoms with Gasteiger partial charge >= 0.3 is 0 Å². The molecule has 148 valence electrons. The van der Waals surface area contributed by atoms with Gasteiger partial charge in [0.25, 0.3) is 5.56 Å². The van der Waals surface area contributed by atoms with Crippen LogP contribution in [0, 0.1) is 0 Å². The van der Waals surface area contributed by atoms with Gasteiger partial charge < -0.3 is 4.90 Å². The average Bonchev–Trinajstić information content (AvgIpc) is 3.23. The lowest BCUT2D eigenvalue weighted by Crippen LogP contribution is -2.31. The molecule has 0 bridgehead atoms. The number of amides is 1. The Bertz CT molecular complexity index is 1300. The second kappa shape index (κ2) is 7.55. The summed E-state index contributed by atoms with van der Waals surface area (Å²) in [5.41, 5.74) is 4.92. The third-order valence-electron chi connectivity index (χ3n) is 5.59. The number of nitrogens with zero attached hydrogens (tertiary/aromatic N) is 4. The van der Waals surface area contributed by atoms with Crippen molar-refractivity contribution >= 4 is 22.5 Å². The molecule has 0 saturated carbocycles. The van der Waals surface area contributed by atoms with Crippen molar-refractivity contribution in [3.63, 3.8) is 0 Å². The van der Waals surface area contributed by atoms with E-state index in [1.54, 1.807) is 18.5 Å². The fourth-order valence-electron chi connectivity index (χ4n) is 4.00. The van der Waals surface area contributed by atoms with E-state index in [1.165, 1.54) is 16.5 Å². The summed E-state index contributed by atoms with van der Waals surface area (Å²) in [7, 11) is 0. The van der Waals surface area contributed by atoms with Crippen LogP contribution in [0.5, 0.6) is 0 Å². The molecule has 0 saturated heterocycles. The molecule has 2 aromatic heterocycles. The van der Waals surface area contributed by atoms with Gasteiger partial charge in [0.15, 0.2) is 0 Å². The number of pyridine rings is 1. The van der Waals surface area contributed by atoms with Crippen LogP contribution in [0.25, 0.3) is 22.0 Å². The highest BCUT2D eigenvalue weighted by Crippen LogP contribution is 2.32. The van der Waals surface area contributed by atoms with E-state index in [0.29, 0.717) is 24.0 Å². The van der Waals surface area contributed by atoms with E-state index in [-0.39, 0.29) is 17.9 Å². The normalized spacial score (nSPS) is 12.9. The molecule has 3 heterocycles. The molecule has 6 nitrogen and oxygen atoms in total. The van der Waals surface area contributed by atoms with Gasteiger partial charge in [-0.25, -0.2) is 4.98 Å². The number of fused-ring (bicyclic) bond motifs is 2. The summed E-state index contributed by atoms with van der Waals surface area (Å²) in [6.07, 6.45) is 6.17. The van der Waals surface area contributed by atoms with Crippen LogP contribution in [0.2, 0.25) is 0 Å². The highest BCUT2D eigenvalue weighted by atomic mass is 16.2. The van der Waals surface area contributed by atoms with Crippen molar-refractivity contribution in [1.29, 1.82) is 0 Å². The molecular formula is C24H20N4O2. The SMILES string of the molecule is O=C(CCn1cnc2ccccc2c1=O)N1CCc2cc(-c3ccncc3)ccc21. The highest BCUT2D eigenvalue weighted by Gasteiger charge is 2.24. The molecule has 30 heavy (non-hydrogen) atoms. The molecule has 0 radical (unpaired) electrons. The standard InChI is InChI=1S/C24H20N4O2/c29-23(10-13-27-16-26-21-4-2-1-3-20(21)24(27)30)28-14-9-19-15-18(5-6-22(19)28)17-7-11-25-12-8-17/h1-8,11-12,15-16H,9-10,13-14H2. The second-order valence-corrected chi connectivity index (χ2v) is 7.39. The summed E-state index contributed by atoms with van der Waals surface area (Å²) in [5.74, 6) is 0.0190. The van der Waals surface area contributed by atoms with Gasteiger partial charge in [0.1, 0.15) is 0 Å². The van der Waals surface area contributed by atoms with Crippen LogP contribution in [0.1, 0.15) is 12.0 Å². The van der Waals surface area contributed by atoms with Crippen molar-refractivity contribution < 1.29 is 4.79 Å². The number of benzene rings is 2. The molecule has 0 N–H and O–H groups in total. The second-order valence-electron chi connectivity index (χ2n) is 7.39. The molecule has 2 aromatic carbocycles. The number of aromatic nitrogens is 3. The summed E-state index contributed by atoms with van der Waals surface area (Å²) in [4.78, 5) is 35.7. The zero-order valence-electron chi connectivity index (χ0n) is 16.4. The maximum atomic E-state index is 12.9. The van der Waals surface area contributed by atoms with Crippen molar-refractivity contribution in [1.82, 2.24) is 14.5 Å². The van der Waals surface area contributed by atoms with Crippen LogP contribution < -0.4 is 10.5 Å². The number of rotatable bonds is 4. The fourth-order valence-corrected chi connectivity index (χ4v) is 4.00. The van der Waals surface area contributed by atoms with E-state index < -0.39 is 0 Å². The molecular weight excluding hydrogens is 376 g/mol. The number of hydrogen-bond acceptors (Lipinski definition) is 4. The summed E-state index contributed by atoms with van der Waals surface area (Å²) >= 11 is 0. The highest BCUT2D eigenvalue weighted by molar-refractivity contribution is 5.96. The Labute approximate surface area is 173 Å². The Balaban J connectivity index is 1.33. The fraction of sp³-hybridized carbons (Fsp3) is 0.167. The molecule has 6 heteroatoms. The molecule has 5 rings (SSSR count). The quantitative estimate of drug-likeness (QED) is 0.530. The summed E-state index contributed by atoms with van der Waals surface area (Å²) < 4.78 is 1.52. The van der Waals surface area contributed by atoms with Gasteiger partial charge in [-0.1, -0.05) is 18.2 Å². The Morgan fingerprint density at radius 2 is 1.83 bits per heavy atom. The van der Waals surface area contributed by atoms with Gasteiger partial charge in [-0.15, -0.1) is 0 Å². The minimum atomic E-state index is -0.114. The molecule has 0 spiro atoms. The van der Waals surface area contributed by atoms with E-state index in [0.717, 1.165) is 23.2 Å². The number of carbonyl (C=O) groups is 1. The molecule has 1 aliphatic heterocycles. The maximum absolute atomic E-state index is 12.9. The van der Waals surface area contributed by atoms with Gasteiger partial charge in [-0.3, -0.25) is 19.1 Å². The van der Waals surface area contributed by atoms with Crippen molar-refractivity contribution in [2.75, 3.05) is 11.4 Å². The number of aryl methyl sites for hydroxylation is 1. The summed E-state index contributed by atoms with van der Waals surface area (Å²) in [6, 6.07) is 17.4. The molecule has 1 amide bonds. The number of hydrogen-bond donors (Lipinski definition) is 0. The zero-order valence-corrected chi connectivity index (χ0v) is 16.4. The van der Waals surface area contributed by atoms with Crippen molar-refractivity contribution in [2.24, 2.45) is 0 Å². The zero-order chi connectivity index (χ0) is 20.5. The Morgan fingerprint density at radius 3 is 2.70 bits per heavy atom. The van der Waals surface area contributed by atoms with Gasteiger partial charge in [0.05, 0.1) is 17.2 Å². The van der Waals surface area contributed by atoms with Crippen LogP contribution in [0.15, 0.2) is 78.1 Å². The Hall–Kier alpha value is -3.80. The largest absolute Gasteiger partial charge is 0.312 e. The predicted octanol–water partition coefficient (Wildman–Crippen LogP) is 3.44. The van der Waals surface area contributed by atoms with Crippen molar-refractivity contribution in [2.45, 2.75) is 19.4 Å². The van der Waals surface area contributed by atoms with Gasteiger partial charge in [-0.05, 0) is 59.5 Å². The average molecular weight is 396 g/mol. The predicted molar refractivity (Wildman–Crippen MR) is 116 cm³/mol.